The average molecular weight is 343 g/mol. The number of carbonyl (C=O) groups excluding carboxylic acids is 2. The van der Waals surface area contributed by atoms with Gasteiger partial charge in [-0.2, -0.15) is 0 Å². The molecule has 2 heterocycles. The lowest BCUT2D eigenvalue weighted by molar-refractivity contribution is -0.139. The normalized spacial score (nSPS) is 10.4. The molecule has 2 aromatic rings. The molecule has 0 bridgehead atoms. The Balaban J connectivity index is 1.88. The van der Waals surface area contributed by atoms with Gasteiger partial charge in [0.05, 0.1) is 17.2 Å². The van der Waals surface area contributed by atoms with E-state index in [1.807, 2.05) is 18.4 Å². The van der Waals surface area contributed by atoms with Gasteiger partial charge in [-0.1, -0.05) is 23.1 Å². The van der Waals surface area contributed by atoms with E-state index in [2.05, 4.69) is 15.5 Å². The van der Waals surface area contributed by atoms with Gasteiger partial charge < -0.3 is 4.74 Å². The summed E-state index contributed by atoms with van der Waals surface area (Å²) in [5.41, 5.74) is 1.05. The third-order valence-corrected chi connectivity index (χ3v) is 5.19. The van der Waals surface area contributed by atoms with Crippen LogP contribution in [0.4, 0.5) is 5.13 Å². The van der Waals surface area contributed by atoms with Crippen LogP contribution in [0.15, 0.2) is 15.8 Å². The van der Waals surface area contributed by atoms with Crippen LogP contribution in [-0.2, 0) is 9.53 Å². The van der Waals surface area contributed by atoms with E-state index in [1.165, 1.54) is 34.4 Å². The lowest BCUT2D eigenvalue weighted by Crippen LogP contribution is -2.09. The predicted molar refractivity (Wildman–Crippen MR) is 84.3 cm³/mol. The lowest BCUT2D eigenvalue weighted by atomic mass is 10.3. The number of hydrogen-bond donors (Lipinski definition) is 1. The van der Waals surface area contributed by atoms with E-state index in [-0.39, 0.29) is 17.6 Å². The number of thioether (sulfide) groups is 1. The Morgan fingerprint density at radius 2 is 2.24 bits per heavy atom. The summed E-state index contributed by atoms with van der Waals surface area (Å²) in [6.07, 6.45) is 0. The number of esters is 1. The van der Waals surface area contributed by atoms with E-state index in [0.717, 1.165) is 5.56 Å². The monoisotopic (exact) mass is 343 g/mol. The molecule has 0 radical (unpaired) electrons. The molecule has 9 heteroatoms. The van der Waals surface area contributed by atoms with Crippen molar-refractivity contribution in [1.82, 2.24) is 10.2 Å². The van der Waals surface area contributed by atoms with Gasteiger partial charge in [-0.15, -0.1) is 21.5 Å². The van der Waals surface area contributed by atoms with Crippen LogP contribution in [0.25, 0.3) is 0 Å². The molecule has 0 fully saturated rings. The minimum atomic E-state index is -0.294. The molecule has 0 atom stereocenters. The summed E-state index contributed by atoms with van der Waals surface area (Å²) < 4.78 is 5.44. The zero-order valence-electron chi connectivity index (χ0n) is 11.4. The van der Waals surface area contributed by atoms with E-state index in [0.29, 0.717) is 21.0 Å². The molecule has 0 aliphatic heterocycles. The molecule has 0 aliphatic rings. The van der Waals surface area contributed by atoms with Gasteiger partial charge in [0, 0.05) is 0 Å². The van der Waals surface area contributed by atoms with Crippen molar-refractivity contribution in [2.24, 2.45) is 0 Å². The molecule has 0 aliphatic carbocycles. The Morgan fingerprint density at radius 1 is 1.43 bits per heavy atom. The Morgan fingerprint density at radius 3 is 2.90 bits per heavy atom. The summed E-state index contributed by atoms with van der Waals surface area (Å²) in [6.45, 7) is 4.05. The van der Waals surface area contributed by atoms with E-state index >= 15 is 0 Å². The fourth-order valence-electron chi connectivity index (χ4n) is 1.35. The van der Waals surface area contributed by atoms with Crippen LogP contribution in [0.1, 0.15) is 22.2 Å². The molecule has 6 nitrogen and oxygen atoms in total. The highest BCUT2D eigenvalue weighted by Crippen LogP contribution is 2.26. The number of nitrogens with one attached hydrogen (secondary N) is 1. The van der Waals surface area contributed by atoms with Gasteiger partial charge in [-0.25, -0.2) is 0 Å². The van der Waals surface area contributed by atoms with Crippen LogP contribution >= 0.6 is 34.4 Å². The van der Waals surface area contributed by atoms with Crippen molar-refractivity contribution in [2.45, 2.75) is 18.2 Å². The van der Waals surface area contributed by atoms with E-state index in [1.54, 1.807) is 6.92 Å². The molecule has 1 amide bonds. The third-order valence-electron chi connectivity index (χ3n) is 2.20. The maximum absolute atomic E-state index is 11.9. The van der Waals surface area contributed by atoms with Crippen molar-refractivity contribution < 1.29 is 14.3 Å². The summed E-state index contributed by atoms with van der Waals surface area (Å²) in [6, 6.07) is 1.82. The number of thiophene rings is 1. The quantitative estimate of drug-likeness (QED) is 0.493. The Labute approximate surface area is 133 Å². The van der Waals surface area contributed by atoms with E-state index < -0.39 is 0 Å². The second-order valence-corrected chi connectivity index (χ2v) is 7.02. The van der Waals surface area contributed by atoms with Gasteiger partial charge >= 0.3 is 5.97 Å². The first-order chi connectivity index (χ1) is 10.1. The van der Waals surface area contributed by atoms with Gasteiger partial charge in [0.2, 0.25) is 5.13 Å². The lowest BCUT2D eigenvalue weighted by Gasteiger charge is -1.98. The minimum absolute atomic E-state index is 0.181. The van der Waals surface area contributed by atoms with Crippen molar-refractivity contribution in [3.63, 3.8) is 0 Å². The first-order valence-electron chi connectivity index (χ1n) is 6.07. The number of nitrogens with zero attached hydrogens (tertiary/aromatic N) is 2. The average Bonchev–Trinajstić information content (AvgIpc) is 3.06. The molecule has 0 saturated heterocycles. The highest BCUT2D eigenvalue weighted by molar-refractivity contribution is 8.01. The molecule has 0 saturated carbocycles. The fourth-order valence-corrected chi connectivity index (χ4v) is 3.69. The van der Waals surface area contributed by atoms with Gasteiger partial charge in [0.1, 0.15) is 0 Å². The first kappa shape index (κ1) is 15.9. The second-order valence-electron chi connectivity index (χ2n) is 3.91. The summed E-state index contributed by atoms with van der Waals surface area (Å²) in [7, 11) is 0. The SMILES string of the molecule is CCOC(=O)CSc1nnc(NC(=O)c2cc(C)cs2)s1. The molecule has 2 rings (SSSR count). The molecule has 21 heavy (non-hydrogen) atoms. The largest absolute Gasteiger partial charge is 0.465 e. The fraction of sp³-hybridized carbons (Fsp3) is 0.333. The molecular weight excluding hydrogens is 330 g/mol. The molecule has 0 spiro atoms. The second kappa shape index (κ2) is 7.53. The highest BCUT2D eigenvalue weighted by Gasteiger charge is 2.13. The molecule has 1 N–H and O–H groups in total. The van der Waals surface area contributed by atoms with E-state index in [9.17, 15) is 9.59 Å². The summed E-state index contributed by atoms with van der Waals surface area (Å²) in [4.78, 5) is 23.8. The number of anilines is 1. The zero-order valence-corrected chi connectivity index (χ0v) is 13.9. The van der Waals surface area contributed by atoms with E-state index in [4.69, 9.17) is 4.74 Å². The maximum Gasteiger partial charge on any atom is 0.316 e. The zero-order chi connectivity index (χ0) is 15.2. The number of hydrogen-bond acceptors (Lipinski definition) is 8. The summed E-state index contributed by atoms with van der Waals surface area (Å²) >= 11 is 3.85. The molecule has 0 aromatic carbocycles. The Kier molecular flexibility index (Phi) is 5.71. The standard InChI is InChI=1S/C12H13N3O3S3/c1-3-18-9(16)6-20-12-15-14-11(21-12)13-10(17)8-4-7(2)5-19-8/h4-5H,3,6H2,1-2H3,(H,13,14,17). The van der Waals surface area contributed by atoms with Crippen molar-refractivity contribution in [3.8, 4) is 0 Å². The molecule has 0 unspecified atom stereocenters. The van der Waals surface area contributed by atoms with Gasteiger partial charge in [-0.3, -0.25) is 14.9 Å². The number of aromatic nitrogens is 2. The molecule has 2 aromatic heterocycles. The van der Waals surface area contributed by atoms with Crippen molar-refractivity contribution in [3.05, 3.63) is 21.9 Å². The topological polar surface area (TPSA) is 81.2 Å². The number of ether oxygens (including phenoxy) is 1. The van der Waals surface area contributed by atoms with Crippen LogP contribution in [-0.4, -0.2) is 34.4 Å². The Bertz CT molecular complexity index is 638. The summed E-state index contributed by atoms with van der Waals surface area (Å²) in [5, 5.41) is 12.8. The first-order valence-corrected chi connectivity index (χ1v) is 8.75. The predicted octanol–water partition coefficient (Wildman–Crippen LogP) is 2.82. The number of aryl methyl sites for hydroxylation is 1. The van der Waals surface area contributed by atoms with Gasteiger partial charge in [-0.05, 0) is 30.9 Å². The third kappa shape index (κ3) is 4.80. The van der Waals surface area contributed by atoms with Crippen LogP contribution in [0.2, 0.25) is 0 Å². The van der Waals surface area contributed by atoms with Crippen molar-refractivity contribution in [1.29, 1.82) is 0 Å². The molecule has 112 valence electrons. The Hall–Kier alpha value is -1.45. The summed E-state index contributed by atoms with van der Waals surface area (Å²) in [5.74, 6) is -0.316. The van der Waals surface area contributed by atoms with Gasteiger partial charge in [0.25, 0.3) is 5.91 Å². The van der Waals surface area contributed by atoms with Crippen LogP contribution in [0.5, 0.6) is 0 Å². The number of rotatable bonds is 6. The van der Waals surface area contributed by atoms with Crippen LogP contribution in [0.3, 0.4) is 0 Å². The highest BCUT2D eigenvalue weighted by atomic mass is 32.2. The van der Waals surface area contributed by atoms with Gasteiger partial charge in [0.15, 0.2) is 4.34 Å². The van der Waals surface area contributed by atoms with Crippen LogP contribution < -0.4 is 5.32 Å². The van der Waals surface area contributed by atoms with Crippen molar-refractivity contribution >= 4 is 51.4 Å². The minimum Gasteiger partial charge on any atom is -0.465 e. The van der Waals surface area contributed by atoms with Crippen LogP contribution in [0, 0.1) is 6.92 Å². The van der Waals surface area contributed by atoms with Crippen molar-refractivity contribution in [2.75, 3.05) is 17.7 Å². The maximum atomic E-state index is 11.9. The smallest absolute Gasteiger partial charge is 0.316 e. The molecular formula is C12H13N3O3S3. The number of carbonyl (C=O) groups is 2. The number of amides is 1.